The van der Waals surface area contributed by atoms with E-state index in [0.29, 0.717) is 0 Å². The fourth-order valence-corrected chi connectivity index (χ4v) is 4.56. The molecule has 0 fully saturated rings. The summed E-state index contributed by atoms with van der Waals surface area (Å²) in [6.07, 6.45) is 0. The molecule has 0 aromatic heterocycles. The molecule has 0 spiro atoms. The number of nitrogens with one attached hydrogen (secondary N) is 1. The van der Waals surface area contributed by atoms with Crippen molar-refractivity contribution in [2.75, 3.05) is 5.32 Å². The number of hydrogen-bond acceptors (Lipinski definition) is 1. The van der Waals surface area contributed by atoms with Crippen molar-refractivity contribution < 1.29 is 0 Å². The summed E-state index contributed by atoms with van der Waals surface area (Å²) in [7, 11) is 0. The van der Waals surface area contributed by atoms with Gasteiger partial charge in [0.05, 0.1) is 0 Å². The van der Waals surface area contributed by atoms with Crippen LogP contribution >= 0.6 is 0 Å². The molecule has 0 amide bonds. The number of fused-ring (bicyclic) bond motifs is 2. The zero-order valence-electron chi connectivity index (χ0n) is 18.2. The van der Waals surface area contributed by atoms with Gasteiger partial charge in [-0.1, -0.05) is 109 Å². The minimum Gasteiger partial charge on any atom is -0.355 e. The first-order chi connectivity index (χ1) is 16.3. The average molecular weight is 422 g/mol. The van der Waals surface area contributed by atoms with Crippen LogP contribution in [0.4, 0.5) is 11.4 Å². The van der Waals surface area contributed by atoms with E-state index < -0.39 is 0 Å². The highest BCUT2D eigenvalue weighted by molar-refractivity contribution is 5.99. The molecule has 0 aliphatic carbocycles. The van der Waals surface area contributed by atoms with Gasteiger partial charge in [0.15, 0.2) is 0 Å². The first-order valence-electron chi connectivity index (χ1n) is 11.3. The van der Waals surface area contributed by atoms with Gasteiger partial charge in [-0.15, -0.1) is 0 Å². The van der Waals surface area contributed by atoms with Crippen LogP contribution in [0.5, 0.6) is 0 Å². The van der Waals surface area contributed by atoms with Crippen LogP contribution in [0.25, 0.3) is 43.8 Å². The molecule has 1 nitrogen and oxygen atoms in total. The third-order valence-electron chi connectivity index (χ3n) is 6.25. The molecule has 0 bridgehead atoms. The van der Waals surface area contributed by atoms with E-state index in [1.807, 2.05) is 0 Å². The molecule has 1 heteroatoms. The van der Waals surface area contributed by atoms with E-state index in [9.17, 15) is 0 Å². The first kappa shape index (κ1) is 19.3. The van der Waals surface area contributed by atoms with Crippen LogP contribution in [0.15, 0.2) is 133 Å². The van der Waals surface area contributed by atoms with Gasteiger partial charge in [0.2, 0.25) is 0 Å². The van der Waals surface area contributed by atoms with Crippen molar-refractivity contribution in [3.63, 3.8) is 0 Å². The molecule has 6 rings (SSSR count). The Morgan fingerprint density at radius 3 is 1.91 bits per heavy atom. The largest absolute Gasteiger partial charge is 0.355 e. The molecule has 6 aromatic carbocycles. The zero-order valence-corrected chi connectivity index (χ0v) is 18.2. The second kappa shape index (κ2) is 8.29. The van der Waals surface area contributed by atoms with Gasteiger partial charge in [0.25, 0.3) is 0 Å². The predicted octanol–water partition coefficient (Wildman–Crippen LogP) is 9.07. The van der Waals surface area contributed by atoms with Crippen molar-refractivity contribution in [2.24, 2.45) is 0 Å². The topological polar surface area (TPSA) is 12.0 Å². The third kappa shape index (κ3) is 3.75. The molecule has 33 heavy (non-hydrogen) atoms. The monoisotopic (exact) mass is 421 g/mol. The van der Waals surface area contributed by atoms with Gasteiger partial charge < -0.3 is 5.32 Å². The Morgan fingerprint density at radius 2 is 1.06 bits per heavy atom. The number of benzene rings is 6. The molecule has 0 unspecified atom stereocenters. The van der Waals surface area contributed by atoms with Crippen LogP contribution in [-0.4, -0.2) is 0 Å². The SMILES string of the molecule is c1ccc(-c2cccc3ccc(-c4ccc(Nc5cccc6ccccc56)cc4)cc23)cc1. The maximum Gasteiger partial charge on any atom is 0.0463 e. The molecule has 0 heterocycles. The van der Waals surface area contributed by atoms with Gasteiger partial charge in [-0.25, -0.2) is 0 Å². The quantitative estimate of drug-likeness (QED) is 0.299. The summed E-state index contributed by atoms with van der Waals surface area (Å²) in [5.41, 5.74) is 7.16. The van der Waals surface area contributed by atoms with E-state index in [-0.39, 0.29) is 0 Å². The lowest BCUT2D eigenvalue weighted by Crippen LogP contribution is -1.91. The van der Waals surface area contributed by atoms with E-state index >= 15 is 0 Å². The van der Waals surface area contributed by atoms with E-state index in [1.165, 1.54) is 43.8 Å². The summed E-state index contributed by atoms with van der Waals surface area (Å²) in [5, 5.41) is 8.59. The van der Waals surface area contributed by atoms with Gasteiger partial charge in [-0.2, -0.15) is 0 Å². The average Bonchev–Trinajstić information content (AvgIpc) is 2.89. The van der Waals surface area contributed by atoms with Crippen LogP contribution in [0.1, 0.15) is 0 Å². The Hall–Kier alpha value is -4.36. The highest BCUT2D eigenvalue weighted by Gasteiger charge is 2.07. The summed E-state index contributed by atoms with van der Waals surface area (Å²) in [6.45, 7) is 0. The van der Waals surface area contributed by atoms with Gasteiger partial charge >= 0.3 is 0 Å². The maximum atomic E-state index is 3.59. The van der Waals surface area contributed by atoms with E-state index in [4.69, 9.17) is 0 Å². The second-order valence-corrected chi connectivity index (χ2v) is 8.34. The van der Waals surface area contributed by atoms with Crippen LogP contribution < -0.4 is 5.32 Å². The Kier molecular flexibility index (Phi) is 4.86. The Bertz CT molecular complexity index is 1560. The smallest absolute Gasteiger partial charge is 0.0463 e. The highest BCUT2D eigenvalue weighted by atomic mass is 14.9. The molecule has 0 aliphatic heterocycles. The molecule has 6 aromatic rings. The molecular formula is C32H23N. The first-order valence-corrected chi connectivity index (χ1v) is 11.3. The molecule has 0 saturated carbocycles. The summed E-state index contributed by atoms with van der Waals surface area (Å²) in [4.78, 5) is 0. The van der Waals surface area contributed by atoms with Crippen molar-refractivity contribution in [2.45, 2.75) is 0 Å². The van der Waals surface area contributed by atoms with Crippen LogP contribution in [0.3, 0.4) is 0 Å². The molecule has 0 radical (unpaired) electrons. The Balaban J connectivity index is 1.34. The number of anilines is 2. The van der Waals surface area contributed by atoms with Gasteiger partial charge in [-0.05, 0) is 62.7 Å². The maximum absolute atomic E-state index is 3.59. The molecule has 0 saturated heterocycles. The fourth-order valence-electron chi connectivity index (χ4n) is 4.56. The highest BCUT2D eigenvalue weighted by Crippen LogP contribution is 2.33. The van der Waals surface area contributed by atoms with Crippen molar-refractivity contribution >= 4 is 32.9 Å². The summed E-state index contributed by atoms with van der Waals surface area (Å²) < 4.78 is 0. The lowest BCUT2D eigenvalue weighted by molar-refractivity contribution is 1.56. The lowest BCUT2D eigenvalue weighted by atomic mass is 9.95. The van der Waals surface area contributed by atoms with Crippen LogP contribution in [0, 0.1) is 0 Å². The molecule has 0 aliphatic rings. The van der Waals surface area contributed by atoms with Crippen molar-refractivity contribution in [1.29, 1.82) is 0 Å². The third-order valence-corrected chi connectivity index (χ3v) is 6.25. The summed E-state index contributed by atoms with van der Waals surface area (Å²) in [6, 6.07) is 47.4. The Morgan fingerprint density at radius 1 is 0.394 bits per heavy atom. The fraction of sp³-hybridized carbons (Fsp3) is 0. The second-order valence-electron chi connectivity index (χ2n) is 8.34. The van der Waals surface area contributed by atoms with Gasteiger partial charge in [0.1, 0.15) is 0 Å². The van der Waals surface area contributed by atoms with Crippen molar-refractivity contribution in [1.82, 2.24) is 0 Å². The number of rotatable bonds is 4. The predicted molar refractivity (Wildman–Crippen MR) is 142 cm³/mol. The van der Waals surface area contributed by atoms with Crippen LogP contribution in [0.2, 0.25) is 0 Å². The normalized spacial score (nSPS) is 11.0. The minimum atomic E-state index is 1.08. The minimum absolute atomic E-state index is 1.08. The summed E-state index contributed by atoms with van der Waals surface area (Å²) in [5.74, 6) is 0. The molecule has 156 valence electrons. The van der Waals surface area contributed by atoms with Crippen LogP contribution in [-0.2, 0) is 0 Å². The lowest BCUT2D eigenvalue weighted by Gasteiger charge is -2.12. The van der Waals surface area contributed by atoms with Gasteiger partial charge in [-0.3, -0.25) is 0 Å². The number of hydrogen-bond donors (Lipinski definition) is 1. The van der Waals surface area contributed by atoms with Crippen molar-refractivity contribution in [3.05, 3.63) is 133 Å². The van der Waals surface area contributed by atoms with E-state index in [1.54, 1.807) is 0 Å². The van der Waals surface area contributed by atoms with E-state index in [2.05, 4.69) is 139 Å². The van der Waals surface area contributed by atoms with Gasteiger partial charge in [0, 0.05) is 16.8 Å². The zero-order chi connectivity index (χ0) is 22.0. The summed E-state index contributed by atoms with van der Waals surface area (Å²) >= 11 is 0. The standard InChI is InChI=1S/C32H23N/c1-2-8-24(9-3-1)29-14-6-11-26-16-17-27(22-31(26)29)23-18-20-28(21-19-23)33-32-15-7-12-25-10-4-5-13-30(25)32/h1-22,33H. The molecular weight excluding hydrogens is 398 g/mol. The van der Waals surface area contributed by atoms with Crippen molar-refractivity contribution in [3.8, 4) is 22.3 Å². The Labute approximate surface area is 194 Å². The molecule has 0 atom stereocenters. The molecule has 1 N–H and O–H groups in total. The van der Waals surface area contributed by atoms with E-state index in [0.717, 1.165) is 11.4 Å².